The Labute approximate surface area is 88.0 Å². The molecule has 0 saturated carbocycles. The molecule has 1 amide bonds. The Morgan fingerprint density at radius 1 is 1.40 bits per heavy atom. The summed E-state index contributed by atoms with van der Waals surface area (Å²) in [6.45, 7) is 0. The first-order valence-corrected chi connectivity index (χ1v) is 5.07. The maximum atomic E-state index is 11.0. The van der Waals surface area contributed by atoms with Gasteiger partial charge < -0.3 is 5.73 Å². The zero-order chi connectivity index (χ0) is 10.4. The number of hydrogen-bond acceptors (Lipinski definition) is 6. The second-order valence-electron chi connectivity index (χ2n) is 3.05. The topological polar surface area (TPSA) is 93.6 Å². The number of hydrogen-bond donors (Lipinski definition) is 1. The summed E-state index contributed by atoms with van der Waals surface area (Å²) in [7, 11) is 0. The largest absolute Gasteiger partial charge is 0.367 e. The van der Waals surface area contributed by atoms with Crippen LogP contribution < -0.4 is 16.3 Å². The van der Waals surface area contributed by atoms with E-state index < -0.39 is 11.3 Å². The molecule has 1 atom stereocenters. The van der Waals surface area contributed by atoms with Crippen molar-refractivity contribution in [1.29, 1.82) is 0 Å². The minimum absolute atomic E-state index is 0.451. The first-order valence-electron chi connectivity index (χ1n) is 4.19. The molecule has 6 nitrogen and oxygen atoms in total. The van der Waals surface area contributed by atoms with Gasteiger partial charge in [0.15, 0.2) is 11.2 Å². The van der Waals surface area contributed by atoms with E-state index in [1.807, 2.05) is 0 Å². The highest BCUT2D eigenvalue weighted by Gasteiger charge is 2.30. The Bertz CT molecular complexity index is 608. The van der Waals surface area contributed by atoms with Gasteiger partial charge in [0, 0.05) is 5.22 Å². The minimum atomic E-state index is -0.555. The predicted molar refractivity (Wildman–Crippen MR) is 54.2 cm³/mol. The summed E-state index contributed by atoms with van der Waals surface area (Å²) in [6, 6.07) is 0. The van der Waals surface area contributed by atoms with Crippen LogP contribution in [-0.4, -0.2) is 27.3 Å². The Kier molecular flexibility index (Phi) is 1.63. The molecule has 0 radical (unpaired) electrons. The second kappa shape index (κ2) is 2.86. The highest BCUT2D eigenvalue weighted by molar-refractivity contribution is 8.10. The number of rotatable bonds is 1. The average molecular weight is 219 g/mol. The number of amides is 1. The summed E-state index contributed by atoms with van der Waals surface area (Å²) in [6.07, 6.45) is 3.19. The number of thioether (sulfide) groups is 1. The summed E-state index contributed by atoms with van der Waals surface area (Å²) in [5.74, 6) is 0.113. The van der Waals surface area contributed by atoms with Crippen molar-refractivity contribution in [3.05, 3.63) is 23.0 Å². The van der Waals surface area contributed by atoms with E-state index in [0.717, 1.165) is 15.5 Å². The van der Waals surface area contributed by atoms with Crippen LogP contribution in [0.1, 0.15) is 0 Å². The number of aliphatic imine (C=N–C) groups is 1. The molecular formula is C8H5N5OS. The molecule has 7 heteroatoms. The molecule has 0 aliphatic carbocycles. The Hall–Kier alpha value is -1.76. The molecule has 3 heterocycles. The molecule has 3 rings (SSSR count). The van der Waals surface area contributed by atoms with Crippen molar-refractivity contribution in [3.63, 3.8) is 0 Å². The first kappa shape index (κ1) is 8.54. The van der Waals surface area contributed by atoms with Crippen molar-refractivity contribution in [1.82, 2.24) is 10.2 Å². The highest BCUT2D eigenvalue weighted by atomic mass is 32.2. The number of fused-ring (bicyclic) bond motifs is 2. The van der Waals surface area contributed by atoms with E-state index in [4.69, 9.17) is 5.73 Å². The van der Waals surface area contributed by atoms with E-state index in [0.29, 0.717) is 5.84 Å². The van der Waals surface area contributed by atoms with Crippen LogP contribution >= 0.6 is 11.8 Å². The van der Waals surface area contributed by atoms with Crippen molar-refractivity contribution < 1.29 is 4.79 Å². The van der Waals surface area contributed by atoms with Crippen LogP contribution in [0, 0.1) is 0 Å². The number of nitrogens with two attached hydrogens (primary N) is 1. The van der Waals surface area contributed by atoms with Crippen LogP contribution in [0.5, 0.6) is 0 Å². The van der Waals surface area contributed by atoms with Gasteiger partial charge in [-0.2, -0.15) is 10.2 Å². The van der Waals surface area contributed by atoms with Gasteiger partial charge in [0.25, 0.3) is 5.91 Å². The SMILES string of the molecule is NC(=O)C1N=C2N=c3cnncc3=C2S1. The van der Waals surface area contributed by atoms with Gasteiger partial charge >= 0.3 is 0 Å². The average Bonchev–Trinajstić information content (AvgIpc) is 2.73. The van der Waals surface area contributed by atoms with Crippen molar-refractivity contribution >= 4 is 28.4 Å². The highest BCUT2D eigenvalue weighted by Crippen LogP contribution is 2.32. The van der Waals surface area contributed by atoms with Gasteiger partial charge in [-0.3, -0.25) is 4.79 Å². The van der Waals surface area contributed by atoms with Gasteiger partial charge in [-0.1, -0.05) is 11.8 Å². The van der Waals surface area contributed by atoms with Crippen molar-refractivity contribution in [2.75, 3.05) is 0 Å². The van der Waals surface area contributed by atoms with Crippen LogP contribution in [0.3, 0.4) is 0 Å². The lowest BCUT2D eigenvalue weighted by Gasteiger charge is -1.97. The molecule has 2 N–H and O–H groups in total. The molecule has 1 unspecified atom stereocenters. The monoisotopic (exact) mass is 219 g/mol. The van der Waals surface area contributed by atoms with Gasteiger partial charge in [-0.05, 0) is 0 Å². The predicted octanol–water partition coefficient (Wildman–Crippen LogP) is -1.83. The fourth-order valence-electron chi connectivity index (χ4n) is 1.44. The molecule has 2 aliphatic heterocycles. The minimum Gasteiger partial charge on any atom is -0.367 e. The second-order valence-corrected chi connectivity index (χ2v) is 4.14. The molecule has 74 valence electrons. The van der Waals surface area contributed by atoms with Crippen molar-refractivity contribution in [2.45, 2.75) is 5.37 Å². The van der Waals surface area contributed by atoms with Gasteiger partial charge in [0.1, 0.15) is 0 Å². The molecule has 2 aliphatic rings. The zero-order valence-corrected chi connectivity index (χ0v) is 8.23. The van der Waals surface area contributed by atoms with E-state index >= 15 is 0 Å². The molecule has 0 bridgehead atoms. The quantitative estimate of drug-likeness (QED) is 0.601. The number of amidine groups is 1. The number of carbonyl (C=O) groups is 1. The molecule has 1 aromatic rings. The molecule has 15 heavy (non-hydrogen) atoms. The Morgan fingerprint density at radius 2 is 2.20 bits per heavy atom. The maximum absolute atomic E-state index is 11.0. The van der Waals surface area contributed by atoms with E-state index in [-0.39, 0.29) is 0 Å². The number of aromatic nitrogens is 2. The Morgan fingerprint density at radius 3 is 3.00 bits per heavy atom. The van der Waals surface area contributed by atoms with Gasteiger partial charge in [-0.15, -0.1) is 0 Å². The van der Waals surface area contributed by atoms with Crippen LogP contribution in [0.15, 0.2) is 22.4 Å². The summed E-state index contributed by atoms with van der Waals surface area (Å²) in [5, 5.41) is 8.56. The molecule has 0 spiro atoms. The van der Waals surface area contributed by atoms with Gasteiger partial charge in [-0.25, -0.2) is 9.98 Å². The number of carbonyl (C=O) groups excluding carboxylic acids is 1. The standard InChI is InChI=1S/C8H5N5OS/c9-6(14)8-13-7-5(15-8)3-1-10-11-2-4(3)12-7/h1-2,8H,(H2,9,14). The third-order valence-electron chi connectivity index (χ3n) is 2.10. The summed E-state index contributed by atoms with van der Waals surface area (Å²) < 4.78 is 0. The third-order valence-corrected chi connectivity index (χ3v) is 3.30. The van der Waals surface area contributed by atoms with Crippen LogP contribution in [0.4, 0.5) is 0 Å². The van der Waals surface area contributed by atoms with Crippen LogP contribution in [-0.2, 0) is 4.79 Å². The first-order chi connectivity index (χ1) is 7.25. The molecule has 0 fully saturated rings. The smallest absolute Gasteiger partial charge is 0.253 e. The van der Waals surface area contributed by atoms with E-state index in [1.54, 1.807) is 12.4 Å². The van der Waals surface area contributed by atoms with E-state index in [2.05, 4.69) is 20.2 Å². The van der Waals surface area contributed by atoms with Crippen LogP contribution in [0.2, 0.25) is 0 Å². The molecule has 0 aromatic carbocycles. The zero-order valence-electron chi connectivity index (χ0n) is 7.41. The third kappa shape index (κ3) is 1.16. The fraction of sp³-hybridized carbons (Fsp3) is 0.125. The summed E-state index contributed by atoms with van der Waals surface area (Å²) in [4.78, 5) is 20.2. The lowest BCUT2D eigenvalue weighted by Crippen LogP contribution is -2.26. The van der Waals surface area contributed by atoms with Crippen molar-refractivity contribution in [2.24, 2.45) is 15.7 Å². The van der Waals surface area contributed by atoms with E-state index in [1.165, 1.54) is 11.8 Å². The lowest BCUT2D eigenvalue weighted by atomic mass is 10.4. The summed E-state index contributed by atoms with van der Waals surface area (Å²) >= 11 is 1.31. The lowest BCUT2D eigenvalue weighted by molar-refractivity contribution is -0.117. The molecular weight excluding hydrogens is 214 g/mol. The Balaban J connectivity index is 2.21. The number of primary amides is 1. The van der Waals surface area contributed by atoms with Crippen LogP contribution in [0.25, 0.3) is 4.91 Å². The number of nitrogens with zero attached hydrogens (tertiary/aromatic N) is 4. The molecule has 1 aromatic heterocycles. The summed E-state index contributed by atoms with van der Waals surface area (Å²) in [5.41, 5.74) is 5.17. The van der Waals surface area contributed by atoms with Gasteiger partial charge in [0.05, 0.1) is 22.7 Å². The van der Waals surface area contributed by atoms with Gasteiger partial charge in [0.2, 0.25) is 0 Å². The maximum Gasteiger partial charge on any atom is 0.253 e. The van der Waals surface area contributed by atoms with E-state index in [9.17, 15) is 4.79 Å². The van der Waals surface area contributed by atoms with Crippen molar-refractivity contribution in [3.8, 4) is 0 Å². The fourth-order valence-corrected chi connectivity index (χ4v) is 2.42. The normalized spacial score (nSPS) is 21.7. The molecule has 0 saturated heterocycles.